The summed E-state index contributed by atoms with van der Waals surface area (Å²) in [4.78, 5) is 11.6. The van der Waals surface area contributed by atoms with Crippen molar-refractivity contribution >= 4 is 17.7 Å². The molecule has 17 heavy (non-hydrogen) atoms. The summed E-state index contributed by atoms with van der Waals surface area (Å²) in [5, 5.41) is 12.3. The number of aliphatic hydroxyl groups excluding tert-OH is 1. The van der Waals surface area contributed by atoms with Crippen LogP contribution in [0.1, 0.15) is 27.2 Å². The lowest BCUT2D eigenvalue weighted by Gasteiger charge is -2.12. The molecule has 1 amide bonds. The van der Waals surface area contributed by atoms with Crippen molar-refractivity contribution in [2.45, 2.75) is 33.3 Å². The average Bonchev–Trinajstić information content (AvgIpc) is 2.30. The molecule has 0 saturated heterocycles. The molecular weight excluding hydrogens is 234 g/mol. The highest BCUT2D eigenvalue weighted by Gasteiger charge is 2.07. The molecule has 0 radical (unpaired) electrons. The number of thioether (sulfide) groups is 1. The van der Waals surface area contributed by atoms with Gasteiger partial charge in [-0.05, 0) is 11.3 Å². The van der Waals surface area contributed by atoms with Gasteiger partial charge in [-0.3, -0.25) is 4.79 Å². The van der Waals surface area contributed by atoms with Gasteiger partial charge >= 0.3 is 0 Å². The molecule has 3 nitrogen and oxygen atoms in total. The fourth-order valence-electron chi connectivity index (χ4n) is 1.22. The van der Waals surface area contributed by atoms with Crippen molar-refractivity contribution in [3.63, 3.8) is 0 Å². The highest BCUT2D eigenvalue weighted by Crippen LogP contribution is 2.16. The van der Waals surface area contributed by atoms with E-state index in [2.05, 4.69) is 11.9 Å². The second-order valence-electron chi connectivity index (χ2n) is 3.99. The molecule has 0 aliphatic rings. The van der Waals surface area contributed by atoms with Crippen LogP contribution in [-0.2, 0) is 4.79 Å². The maximum absolute atomic E-state index is 10.6. The Bertz CT molecular complexity index is 277. The lowest BCUT2D eigenvalue weighted by molar-refractivity contribution is -0.118. The van der Waals surface area contributed by atoms with Gasteiger partial charge in [0, 0.05) is 25.1 Å². The van der Waals surface area contributed by atoms with E-state index in [1.54, 1.807) is 11.8 Å². The van der Waals surface area contributed by atoms with Crippen LogP contribution in [0.5, 0.6) is 0 Å². The Labute approximate surface area is 108 Å². The van der Waals surface area contributed by atoms with E-state index >= 15 is 0 Å². The summed E-state index contributed by atoms with van der Waals surface area (Å²) in [6.07, 6.45) is 4.38. The number of nitrogens with one attached hydrogen (secondary N) is 1. The Balaban J connectivity index is 3.78. The first-order chi connectivity index (χ1) is 7.97. The van der Waals surface area contributed by atoms with Crippen LogP contribution in [-0.4, -0.2) is 29.4 Å². The number of hydrogen-bond donors (Lipinski definition) is 2. The van der Waals surface area contributed by atoms with Crippen LogP contribution >= 0.6 is 11.8 Å². The first-order valence-electron chi connectivity index (χ1n) is 5.89. The number of hydrogen-bond acceptors (Lipinski definition) is 3. The zero-order valence-corrected chi connectivity index (χ0v) is 11.7. The SMILES string of the molecule is C=C(/C=C/[C@@H](C)[C@H](O)CC)SCCNC(C)=O. The van der Waals surface area contributed by atoms with Crippen molar-refractivity contribution in [2.75, 3.05) is 12.3 Å². The zero-order valence-electron chi connectivity index (χ0n) is 10.9. The highest BCUT2D eigenvalue weighted by molar-refractivity contribution is 8.03. The van der Waals surface area contributed by atoms with Crippen molar-refractivity contribution in [3.05, 3.63) is 23.6 Å². The smallest absolute Gasteiger partial charge is 0.216 e. The van der Waals surface area contributed by atoms with Crippen LogP contribution in [0.4, 0.5) is 0 Å². The van der Waals surface area contributed by atoms with Gasteiger partial charge in [0.25, 0.3) is 0 Å². The first kappa shape index (κ1) is 16.3. The van der Waals surface area contributed by atoms with E-state index in [0.717, 1.165) is 17.1 Å². The fraction of sp³-hybridized carbons (Fsp3) is 0.615. The molecular formula is C13H23NO2S. The standard InChI is InChI=1S/C13H23NO2S/c1-5-13(16)10(2)6-7-11(3)17-9-8-14-12(4)15/h6-7,10,13,16H,3,5,8-9H2,1-2,4H3,(H,14,15)/b7-6+/t10-,13-/m1/s1. The number of carbonyl (C=O) groups excluding carboxylic acids is 1. The second kappa shape index (κ2) is 9.31. The molecule has 0 heterocycles. The topological polar surface area (TPSA) is 49.3 Å². The molecule has 2 atom stereocenters. The molecule has 0 spiro atoms. The molecule has 0 aromatic heterocycles. The van der Waals surface area contributed by atoms with Gasteiger partial charge in [-0.15, -0.1) is 11.8 Å². The molecule has 0 aromatic rings. The van der Waals surface area contributed by atoms with Crippen LogP contribution in [0.15, 0.2) is 23.6 Å². The maximum atomic E-state index is 10.6. The third kappa shape index (κ3) is 9.01. The van der Waals surface area contributed by atoms with Crippen LogP contribution in [0.25, 0.3) is 0 Å². The Kier molecular flexibility index (Phi) is 8.90. The Morgan fingerprint density at radius 3 is 2.76 bits per heavy atom. The van der Waals surface area contributed by atoms with Crippen LogP contribution in [0.3, 0.4) is 0 Å². The summed E-state index contributed by atoms with van der Waals surface area (Å²) in [6, 6.07) is 0. The molecule has 2 N–H and O–H groups in total. The van der Waals surface area contributed by atoms with E-state index in [1.165, 1.54) is 6.92 Å². The van der Waals surface area contributed by atoms with Gasteiger partial charge in [0.2, 0.25) is 5.91 Å². The molecule has 4 heteroatoms. The predicted molar refractivity (Wildman–Crippen MR) is 74.9 cm³/mol. The molecule has 0 rings (SSSR count). The van der Waals surface area contributed by atoms with Crippen molar-refractivity contribution < 1.29 is 9.90 Å². The predicted octanol–water partition coefficient (Wildman–Crippen LogP) is 2.33. The van der Waals surface area contributed by atoms with Crippen LogP contribution in [0.2, 0.25) is 0 Å². The highest BCUT2D eigenvalue weighted by atomic mass is 32.2. The molecule has 98 valence electrons. The van der Waals surface area contributed by atoms with Gasteiger partial charge in [-0.1, -0.05) is 32.6 Å². The Morgan fingerprint density at radius 2 is 2.24 bits per heavy atom. The van der Waals surface area contributed by atoms with Crippen molar-refractivity contribution in [2.24, 2.45) is 5.92 Å². The van der Waals surface area contributed by atoms with E-state index in [-0.39, 0.29) is 17.9 Å². The fourth-order valence-corrected chi connectivity index (χ4v) is 1.86. The molecule has 0 bridgehead atoms. The average molecular weight is 257 g/mol. The molecule has 0 saturated carbocycles. The lowest BCUT2D eigenvalue weighted by atomic mass is 10.0. The van der Waals surface area contributed by atoms with Crippen LogP contribution in [0, 0.1) is 5.92 Å². The van der Waals surface area contributed by atoms with E-state index in [1.807, 2.05) is 26.0 Å². The summed E-state index contributed by atoms with van der Waals surface area (Å²) in [7, 11) is 0. The summed E-state index contributed by atoms with van der Waals surface area (Å²) in [6.45, 7) is 10.0. The van der Waals surface area contributed by atoms with Gasteiger partial charge in [-0.2, -0.15) is 0 Å². The number of carbonyl (C=O) groups is 1. The summed E-state index contributed by atoms with van der Waals surface area (Å²) in [5.74, 6) is 0.951. The van der Waals surface area contributed by atoms with Crippen molar-refractivity contribution in [1.29, 1.82) is 0 Å². The molecule has 0 aromatic carbocycles. The van der Waals surface area contributed by atoms with E-state index in [4.69, 9.17) is 0 Å². The first-order valence-corrected chi connectivity index (χ1v) is 6.88. The molecule has 0 unspecified atom stereocenters. The largest absolute Gasteiger partial charge is 0.393 e. The van der Waals surface area contributed by atoms with E-state index in [0.29, 0.717) is 6.54 Å². The molecule has 0 fully saturated rings. The van der Waals surface area contributed by atoms with Gasteiger partial charge in [-0.25, -0.2) is 0 Å². The van der Waals surface area contributed by atoms with Gasteiger partial charge in [0.05, 0.1) is 6.10 Å². The summed E-state index contributed by atoms with van der Waals surface area (Å²) in [5.41, 5.74) is 0. The zero-order chi connectivity index (χ0) is 13.3. The van der Waals surface area contributed by atoms with Gasteiger partial charge in [0.15, 0.2) is 0 Å². The summed E-state index contributed by atoms with van der Waals surface area (Å²) < 4.78 is 0. The van der Waals surface area contributed by atoms with Crippen molar-refractivity contribution in [1.82, 2.24) is 5.32 Å². The quantitative estimate of drug-likeness (QED) is 0.518. The third-order valence-corrected chi connectivity index (χ3v) is 3.29. The van der Waals surface area contributed by atoms with Gasteiger partial charge in [0.1, 0.15) is 0 Å². The second-order valence-corrected chi connectivity index (χ2v) is 5.21. The minimum atomic E-state index is -0.288. The lowest BCUT2D eigenvalue weighted by Crippen LogP contribution is -2.22. The monoisotopic (exact) mass is 257 g/mol. The minimum absolute atomic E-state index is 0.00792. The summed E-state index contributed by atoms with van der Waals surface area (Å²) >= 11 is 1.60. The Morgan fingerprint density at radius 1 is 1.59 bits per heavy atom. The minimum Gasteiger partial charge on any atom is -0.393 e. The third-order valence-electron chi connectivity index (χ3n) is 2.37. The maximum Gasteiger partial charge on any atom is 0.216 e. The molecule has 0 aliphatic carbocycles. The number of allylic oxidation sites excluding steroid dienone is 1. The molecule has 0 aliphatic heterocycles. The number of aliphatic hydroxyl groups is 1. The van der Waals surface area contributed by atoms with E-state index < -0.39 is 0 Å². The van der Waals surface area contributed by atoms with Crippen LogP contribution < -0.4 is 5.32 Å². The number of rotatable bonds is 8. The Hall–Kier alpha value is -0.740. The number of amides is 1. The van der Waals surface area contributed by atoms with Gasteiger partial charge < -0.3 is 10.4 Å². The normalized spacial score (nSPS) is 14.6. The van der Waals surface area contributed by atoms with Crippen molar-refractivity contribution in [3.8, 4) is 0 Å². The van der Waals surface area contributed by atoms with E-state index in [9.17, 15) is 9.90 Å².